The van der Waals surface area contributed by atoms with Gasteiger partial charge in [0.15, 0.2) is 0 Å². The summed E-state index contributed by atoms with van der Waals surface area (Å²) < 4.78 is 2.79. The van der Waals surface area contributed by atoms with Crippen molar-refractivity contribution in [3.8, 4) is 5.69 Å². The Balaban J connectivity index is 2.48. The zero-order valence-electron chi connectivity index (χ0n) is 8.31. The minimum atomic E-state index is -0.0277. The van der Waals surface area contributed by atoms with Gasteiger partial charge in [-0.1, -0.05) is 22.0 Å². The van der Waals surface area contributed by atoms with E-state index in [0.29, 0.717) is 5.69 Å². The Hall–Kier alpha value is -1.13. The van der Waals surface area contributed by atoms with E-state index in [9.17, 15) is 0 Å². The van der Waals surface area contributed by atoms with Gasteiger partial charge in [-0.2, -0.15) is 5.10 Å². The van der Waals surface area contributed by atoms with E-state index in [1.807, 2.05) is 31.3 Å². The van der Waals surface area contributed by atoms with Gasteiger partial charge in [0.25, 0.3) is 0 Å². The lowest BCUT2D eigenvalue weighted by Gasteiger charge is -2.05. The lowest BCUT2D eigenvalue weighted by Crippen LogP contribution is -1.98. The molecule has 15 heavy (non-hydrogen) atoms. The molecular formula is C11H11BrN2O. The normalized spacial score (nSPS) is 10.6. The third-order valence-corrected chi connectivity index (χ3v) is 2.72. The molecule has 1 aromatic carbocycles. The van der Waals surface area contributed by atoms with Crippen LogP contribution >= 0.6 is 15.9 Å². The number of hydrogen-bond donors (Lipinski definition) is 1. The zero-order valence-corrected chi connectivity index (χ0v) is 9.90. The standard InChI is InChI=1S/C11H11BrN2O/c1-8-2-3-9(12)6-11(8)14-5-4-10(7-15)13-14/h2-6,15H,7H2,1H3. The first-order valence-electron chi connectivity index (χ1n) is 4.62. The number of halogens is 1. The second-order valence-electron chi connectivity index (χ2n) is 3.34. The molecule has 3 nitrogen and oxygen atoms in total. The van der Waals surface area contributed by atoms with E-state index in [4.69, 9.17) is 5.11 Å². The van der Waals surface area contributed by atoms with Crippen molar-refractivity contribution in [2.45, 2.75) is 13.5 Å². The van der Waals surface area contributed by atoms with Crippen LogP contribution in [0.5, 0.6) is 0 Å². The van der Waals surface area contributed by atoms with E-state index < -0.39 is 0 Å². The Kier molecular flexibility index (Phi) is 2.88. The Morgan fingerprint density at radius 2 is 2.20 bits per heavy atom. The molecule has 1 N–H and O–H groups in total. The van der Waals surface area contributed by atoms with Crippen molar-refractivity contribution in [1.82, 2.24) is 9.78 Å². The SMILES string of the molecule is Cc1ccc(Br)cc1-n1ccc(CO)n1. The number of aryl methyl sites for hydroxylation is 1. The van der Waals surface area contributed by atoms with Gasteiger partial charge in [0.05, 0.1) is 18.0 Å². The molecule has 0 spiro atoms. The first kappa shape index (κ1) is 10.4. The summed E-state index contributed by atoms with van der Waals surface area (Å²) in [6, 6.07) is 7.83. The van der Waals surface area contributed by atoms with Crippen LogP contribution in [-0.4, -0.2) is 14.9 Å². The van der Waals surface area contributed by atoms with E-state index >= 15 is 0 Å². The van der Waals surface area contributed by atoms with Crippen LogP contribution in [0.25, 0.3) is 5.69 Å². The summed E-state index contributed by atoms with van der Waals surface area (Å²) in [6.07, 6.45) is 1.85. The van der Waals surface area contributed by atoms with Gasteiger partial charge in [-0.05, 0) is 30.7 Å². The molecule has 0 radical (unpaired) electrons. The summed E-state index contributed by atoms with van der Waals surface area (Å²) in [5, 5.41) is 13.2. The van der Waals surface area contributed by atoms with E-state index in [0.717, 1.165) is 15.7 Å². The van der Waals surface area contributed by atoms with E-state index in [1.54, 1.807) is 10.7 Å². The van der Waals surface area contributed by atoms with Crippen molar-refractivity contribution in [3.63, 3.8) is 0 Å². The minimum Gasteiger partial charge on any atom is -0.390 e. The third-order valence-electron chi connectivity index (χ3n) is 2.22. The van der Waals surface area contributed by atoms with Crippen LogP contribution < -0.4 is 0 Å². The molecule has 0 atom stereocenters. The average Bonchev–Trinajstić information content (AvgIpc) is 2.70. The highest BCUT2D eigenvalue weighted by Gasteiger charge is 2.03. The van der Waals surface area contributed by atoms with Crippen LogP contribution in [0.3, 0.4) is 0 Å². The maximum absolute atomic E-state index is 8.94. The Morgan fingerprint density at radius 1 is 1.40 bits per heavy atom. The highest BCUT2D eigenvalue weighted by molar-refractivity contribution is 9.10. The molecule has 1 heterocycles. The van der Waals surface area contributed by atoms with Crippen LogP contribution in [-0.2, 0) is 6.61 Å². The van der Waals surface area contributed by atoms with E-state index in [1.165, 1.54) is 0 Å². The topological polar surface area (TPSA) is 38.0 Å². The lowest BCUT2D eigenvalue weighted by atomic mass is 10.2. The zero-order chi connectivity index (χ0) is 10.8. The van der Waals surface area contributed by atoms with Gasteiger partial charge in [0.1, 0.15) is 0 Å². The number of aliphatic hydroxyl groups is 1. The van der Waals surface area contributed by atoms with Gasteiger partial charge >= 0.3 is 0 Å². The lowest BCUT2D eigenvalue weighted by molar-refractivity contribution is 0.276. The Morgan fingerprint density at radius 3 is 2.87 bits per heavy atom. The largest absolute Gasteiger partial charge is 0.390 e. The van der Waals surface area contributed by atoms with Gasteiger partial charge in [-0.3, -0.25) is 0 Å². The molecule has 0 fully saturated rings. The summed E-state index contributed by atoms with van der Waals surface area (Å²) in [6.45, 7) is 2.00. The molecule has 0 saturated carbocycles. The van der Waals surface area contributed by atoms with Crippen LogP contribution in [0, 0.1) is 6.92 Å². The summed E-state index contributed by atoms with van der Waals surface area (Å²) in [5.74, 6) is 0. The second-order valence-corrected chi connectivity index (χ2v) is 4.26. The summed E-state index contributed by atoms with van der Waals surface area (Å²) in [4.78, 5) is 0. The molecule has 1 aromatic heterocycles. The van der Waals surface area contributed by atoms with Crippen molar-refractivity contribution in [2.75, 3.05) is 0 Å². The van der Waals surface area contributed by atoms with Crippen LogP contribution in [0.4, 0.5) is 0 Å². The molecule has 0 saturated heterocycles. The Bertz CT molecular complexity index is 479. The van der Waals surface area contributed by atoms with E-state index in [2.05, 4.69) is 21.0 Å². The molecule has 4 heteroatoms. The van der Waals surface area contributed by atoms with Gasteiger partial charge < -0.3 is 5.11 Å². The van der Waals surface area contributed by atoms with Crippen molar-refractivity contribution < 1.29 is 5.11 Å². The number of hydrogen-bond acceptors (Lipinski definition) is 2. The minimum absolute atomic E-state index is 0.0277. The monoisotopic (exact) mass is 266 g/mol. The highest BCUT2D eigenvalue weighted by atomic mass is 79.9. The van der Waals surface area contributed by atoms with Gasteiger partial charge in [0, 0.05) is 10.7 Å². The maximum Gasteiger partial charge on any atom is 0.0883 e. The molecule has 0 aliphatic carbocycles. The molecule has 0 bridgehead atoms. The summed E-state index contributed by atoms with van der Waals surface area (Å²) in [5.41, 5.74) is 2.84. The van der Waals surface area contributed by atoms with E-state index in [-0.39, 0.29) is 6.61 Å². The fourth-order valence-corrected chi connectivity index (χ4v) is 1.76. The second kappa shape index (κ2) is 4.16. The van der Waals surface area contributed by atoms with Gasteiger partial charge in [-0.25, -0.2) is 4.68 Å². The van der Waals surface area contributed by atoms with Crippen molar-refractivity contribution in [3.05, 3.63) is 46.2 Å². The first-order valence-corrected chi connectivity index (χ1v) is 5.42. The molecule has 0 aliphatic rings. The smallest absolute Gasteiger partial charge is 0.0883 e. The van der Waals surface area contributed by atoms with Crippen molar-refractivity contribution in [1.29, 1.82) is 0 Å². The summed E-state index contributed by atoms with van der Waals surface area (Å²) in [7, 11) is 0. The molecule has 78 valence electrons. The van der Waals surface area contributed by atoms with Crippen molar-refractivity contribution in [2.24, 2.45) is 0 Å². The molecule has 2 aromatic rings. The van der Waals surface area contributed by atoms with Crippen molar-refractivity contribution >= 4 is 15.9 Å². The molecule has 0 unspecified atom stereocenters. The molecular weight excluding hydrogens is 256 g/mol. The number of aliphatic hydroxyl groups excluding tert-OH is 1. The van der Waals surface area contributed by atoms with Gasteiger partial charge in [-0.15, -0.1) is 0 Å². The number of rotatable bonds is 2. The predicted molar refractivity (Wildman–Crippen MR) is 61.9 cm³/mol. The molecule has 2 rings (SSSR count). The summed E-state index contributed by atoms with van der Waals surface area (Å²) >= 11 is 3.43. The van der Waals surface area contributed by atoms with Crippen LogP contribution in [0.15, 0.2) is 34.9 Å². The number of aromatic nitrogens is 2. The van der Waals surface area contributed by atoms with Crippen LogP contribution in [0.1, 0.15) is 11.3 Å². The Labute approximate surface area is 96.5 Å². The number of nitrogens with zero attached hydrogens (tertiary/aromatic N) is 2. The average molecular weight is 267 g/mol. The fraction of sp³-hybridized carbons (Fsp3) is 0.182. The quantitative estimate of drug-likeness (QED) is 0.907. The highest BCUT2D eigenvalue weighted by Crippen LogP contribution is 2.19. The molecule has 0 aliphatic heterocycles. The first-order chi connectivity index (χ1) is 7.20. The van der Waals surface area contributed by atoms with Crippen LogP contribution in [0.2, 0.25) is 0 Å². The third kappa shape index (κ3) is 2.11. The van der Waals surface area contributed by atoms with Gasteiger partial charge in [0.2, 0.25) is 0 Å². The maximum atomic E-state index is 8.94. The fourth-order valence-electron chi connectivity index (χ4n) is 1.41. The predicted octanol–water partition coefficient (Wildman–Crippen LogP) is 2.44. The number of benzene rings is 1. The molecule has 0 amide bonds.